The van der Waals surface area contributed by atoms with E-state index in [0.29, 0.717) is 10.9 Å². The van der Waals surface area contributed by atoms with Gasteiger partial charge >= 0.3 is 0 Å². The number of anilines is 1. The minimum Gasteiger partial charge on any atom is -0.490 e. The van der Waals surface area contributed by atoms with Gasteiger partial charge in [0, 0.05) is 49.8 Å². The minimum atomic E-state index is -0.411. The first kappa shape index (κ1) is 20.9. The van der Waals surface area contributed by atoms with Gasteiger partial charge in [0.25, 0.3) is 11.5 Å². The van der Waals surface area contributed by atoms with E-state index < -0.39 is 5.56 Å². The highest BCUT2D eigenvalue weighted by Gasteiger charge is 2.26. The van der Waals surface area contributed by atoms with Gasteiger partial charge < -0.3 is 24.8 Å². The minimum absolute atomic E-state index is 0.0392. The number of piperazine rings is 1. The number of carbonyl (C=O) groups excluding carboxylic acids is 1. The van der Waals surface area contributed by atoms with Crippen LogP contribution in [0, 0.1) is 0 Å². The number of aromatic nitrogens is 1. The van der Waals surface area contributed by atoms with Crippen LogP contribution >= 0.6 is 0 Å². The van der Waals surface area contributed by atoms with Crippen molar-refractivity contribution in [2.24, 2.45) is 0 Å². The largest absolute Gasteiger partial charge is 0.490 e. The number of rotatable bonds is 5. The van der Waals surface area contributed by atoms with Crippen molar-refractivity contribution in [3.63, 3.8) is 0 Å². The van der Waals surface area contributed by atoms with Gasteiger partial charge in [-0.1, -0.05) is 30.3 Å². The van der Waals surface area contributed by atoms with Crippen LogP contribution in [0.5, 0.6) is 5.75 Å². The smallest absolute Gasteiger partial charge is 0.291 e. The first-order valence-corrected chi connectivity index (χ1v) is 10.5. The Morgan fingerprint density at radius 1 is 1.13 bits per heavy atom. The Morgan fingerprint density at radius 3 is 2.61 bits per heavy atom. The predicted molar refractivity (Wildman–Crippen MR) is 123 cm³/mol. The second kappa shape index (κ2) is 8.81. The summed E-state index contributed by atoms with van der Waals surface area (Å²) in [5.41, 5.74) is 2.69. The lowest BCUT2D eigenvalue weighted by Crippen LogP contribution is -2.43. The SMILES string of the molecule is COc1c(C(=O)N(C)[C@H](C)c2cccc(N3CCNCC3)c2)c2ccccc2[nH]c1=O. The number of carbonyl (C=O) groups is 1. The summed E-state index contributed by atoms with van der Waals surface area (Å²) in [5.74, 6) is -0.212. The summed E-state index contributed by atoms with van der Waals surface area (Å²) in [6.07, 6.45) is 0. The van der Waals surface area contributed by atoms with E-state index >= 15 is 0 Å². The molecule has 1 aliphatic rings. The average molecular weight is 421 g/mol. The fraction of sp³-hybridized carbons (Fsp3) is 0.333. The van der Waals surface area contributed by atoms with Gasteiger partial charge in [-0.2, -0.15) is 0 Å². The highest BCUT2D eigenvalue weighted by Crippen LogP contribution is 2.29. The Balaban J connectivity index is 1.68. The van der Waals surface area contributed by atoms with Crippen LogP contribution in [0.2, 0.25) is 0 Å². The van der Waals surface area contributed by atoms with Gasteiger partial charge in [0.05, 0.1) is 18.7 Å². The molecule has 1 aliphatic heterocycles. The van der Waals surface area contributed by atoms with Gasteiger partial charge in [0.2, 0.25) is 0 Å². The van der Waals surface area contributed by atoms with Crippen LogP contribution in [0.1, 0.15) is 28.9 Å². The Hall–Kier alpha value is -3.32. The fourth-order valence-corrected chi connectivity index (χ4v) is 4.11. The number of amides is 1. The van der Waals surface area contributed by atoms with Crippen LogP contribution in [0.4, 0.5) is 5.69 Å². The van der Waals surface area contributed by atoms with Gasteiger partial charge in [-0.15, -0.1) is 0 Å². The van der Waals surface area contributed by atoms with Gasteiger partial charge in [-0.05, 0) is 30.7 Å². The molecule has 2 N–H and O–H groups in total. The molecular formula is C24H28N4O3. The molecule has 0 bridgehead atoms. The van der Waals surface area contributed by atoms with Crippen molar-refractivity contribution in [2.75, 3.05) is 45.2 Å². The van der Waals surface area contributed by atoms with E-state index in [9.17, 15) is 9.59 Å². The van der Waals surface area contributed by atoms with Crippen molar-refractivity contribution in [3.05, 3.63) is 70.0 Å². The summed E-state index contributed by atoms with van der Waals surface area (Å²) in [5, 5.41) is 4.03. The molecule has 1 saturated heterocycles. The topological polar surface area (TPSA) is 77.7 Å². The Bertz CT molecular complexity index is 1150. The van der Waals surface area contributed by atoms with E-state index in [1.54, 1.807) is 18.0 Å². The van der Waals surface area contributed by atoms with Crippen LogP contribution < -0.4 is 20.5 Å². The van der Waals surface area contributed by atoms with E-state index in [1.807, 2.05) is 37.3 Å². The van der Waals surface area contributed by atoms with E-state index in [0.717, 1.165) is 37.4 Å². The number of nitrogens with zero attached hydrogens (tertiary/aromatic N) is 2. The van der Waals surface area contributed by atoms with Gasteiger partial charge in [0.1, 0.15) is 0 Å². The molecule has 3 aromatic rings. The maximum Gasteiger partial charge on any atom is 0.291 e. The average Bonchev–Trinajstić information content (AvgIpc) is 2.82. The molecule has 1 amide bonds. The third kappa shape index (κ3) is 4.01. The lowest BCUT2D eigenvalue weighted by Gasteiger charge is -2.31. The van der Waals surface area contributed by atoms with E-state index in [4.69, 9.17) is 4.74 Å². The quantitative estimate of drug-likeness (QED) is 0.664. The Morgan fingerprint density at radius 2 is 1.87 bits per heavy atom. The number of hydrogen-bond donors (Lipinski definition) is 2. The lowest BCUT2D eigenvalue weighted by molar-refractivity contribution is 0.0741. The Kier molecular flexibility index (Phi) is 5.95. The maximum absolute atomic E-state index is 13.6. The second-order valence-electron chi connectivity index (χ2n) is 7.83. The number of hydrogen-bond acceptors (Lipinski definition) is 5. The molecule has 2 heterocycles. The van der Waals surface area contributed by atoms with E-state index in [-0.39, 0.29) is 23.3 Å². The van der Waals surface area contributed by atoms with Gasteiger partial charge in [-0.25, -0.2) is 0 Å². The third-order valence-corrected chi connectivity index (χ3v) is 6.03. The molecule has 2 aromatic carbocycles. The van der Waals surface area contributed by atoms with Crippen molar-refractivity contribution in [1.29, 1.82) is 0 Å². The molecule has 31 heavy (non-hydrogen) atoms. The molecular weight excluding hydrogens is 392 g/mol. The van der Waals surface area contributed by atoms with Crippen LogP contribution in [-0.4, -0.2) is 56.1 Å². The number of aromatic amines is 1. The van der Waals surface area contributed by atoms with Crippen molar-refractivity contribution in [2.45, 2.75) is 13.0 Å². The molecule has 1 fully saturated rings. The molecule has 4 rings (SSSR count). The molecule has 162 valence electrons. The highest BCUT2D eigenvalue weighted by molar-refractivity contribution is 6.08. The Labute approximate surface area is 181 Å². The number of fused-ring (bicyclic) bond motifs is 1. The summed E-state index contributed by atoms with van der Waals surface area (Å²) in [4.78, 5) is 32.9. The number of para-hydroxylation sites is 1. The zero-order valence-electron chi connectivity index (χ0n) is 18.1. The number of ether oxygens (including phenoxy) is 1. The second-order valence-corrected chi connectivity index (χ2v) is 7.83. The summed E-state index contributed by atoms with van der Waals surface area (Å²) >= 11 is 0. The summed E-state index contributed by atoms with van der Waals surface area (Å²) < 4.78 is 5.34. The van der Waals surface area contributed by atoms with Crippen molar-refractivity contribution >= 4 is 22.5 Å². The number of H-pyrrole nitrogens is 1. The van der Waals surface area contributed by atoms with Gasteiger partial charge in [-0.3, -0.25) is 9.59 Å². The zero-order chi connectivity index (χ0) is 22.0. The molecule has 0 radical (unpaired) electrons. The van der Waals surface area contributed by atoms with Crippen molar-refractivity contribution in [3.8, 4) is 5.75 Å². The van der Waals surface area contributed by atoms with Crippen LogP contribution in [-0.2, 0) is 0 Å². The molecule has 0 saturated carbocycles. The number of nitrogens with one attached hydrogen (secondary N) is 2. The van der Waals surface area contributed by atoms with Crippen LogP contribution in [0.15, 0.2) is 53.3 Å². The van der Waals surface area contributed by atoms with Crippen molar-refractivity contribution < 1.29 is 9.53 Å². The number of benzene rings is 2. The monoisotopic (exact) mass is 420 g/mol. The lowest BCUT2D eigenvalue weighted by atomic mass is 10.0. The molecule has 0 unspecified atom stereocenters. The summed E-state index contributed by atoms with van der Waals surface area (Å²) in [6, 6.07) is 15.4. The number of pyridine rings is 1. The molecule has 0 spiro atoms. The summed E-state index contributed by atoms with van der Waals surface area (Å²) in [7, 11) is 3.18. The first-order chi connectivity index (χ1) is 15.0. The molecule has 1 aromatic heterocycles. The van der Waals surface area contributed by atoms with Crippen molar-refractivity contribution in [1.82, 2.24) is 15.2 Å². The fourth-order valence-electron chi connectivity index (χ4n) is 4.11. The summed E-state index contributed by atoms with van der Waals surface area (Å²) in [6.45, 7) is 5.85. The normalized spacial score (nSPS) is 15.0. The van der Waals surface area contributed by atoms with Crippen LogP contribution in [0.3, 0.4) is 0 Å². The first-order valence-electron chi connectivity index (χ1n) is 10.5. The zero-order valence-corrected chi connectivity index (χ0v) is 18.1. The highest BCUT2D eigenvalue weighted by atomic mass is 16.5. The van der Waals surface area contributed by atoms with E-state index in [2.05, 4.69) is 27.3 Å². The predicted octanol–water partition coefficient (Wildman–Crippen LogP) is 2.78. The van der Waals surface area contributed by atoms with E-state index in [1.165, 1.54) is 7.11 Å². The maximum atomic E-state index is 13.6. The standard InChI is InChI=1S/C24H28N4O3/c1-16(17-7-6-8-18(15-17)28-13-11-25-12-14-28)27(2)24(30)21-19-9-4-5-10-20(19)26-23(29)22(21)31-3/h4-10,15-16,25H,11-14H2,1-3H3,(H,26,29)/t16-/m1/s1. The van der Waals surface area contributed by atoms with Crippen LogP contribution in [0.25, 0.3) is 10.9 Å². The molecule has 1 atom stereocenters. The third-order valence-electron chi connectivity index (χ3n) is 6.03. The van der Waals surface area contributed by atoms with Gasteiger partial charge in [0.15, 0.2) is 5.75 Å². The molecule has 7 heteroatoms. The molecule has 7 nitrogen and oxygen atoms in total. The number of methoxy groups -OCH3 is 1. The molecule has 0 aliphatic carbocycles.